The van der Waals surface area contributed by atoms with Gasteiger partial charge in [0.15, 0.2) is 0 Å². The van der Waals surface area contributed by atoms with E-state index in [9.17, 15) is 0 Å². The molecule has 0 fully saturated rings. The van der Waals surface area contributed by atoms with Crippen molar-refractivity contribution in [2.45, 2.75) is 13.8 Å². The molecular formula is C14H13N3O. The molecule has 0 bridgehead atoms. The average molecular weight is 239 g/mol. The van der Waals surface area contributed by atoms with Gasteiger partial charge in [0.2, 0.25) is 5.88 Å². The second kappa shape index (κ2) is 4.84. The van der Waals surface area contributed by atoms with E-state index in [1.165, 1.54) is 0 Å². The fourth-order valence-corrected chi connectivity index (χ4v) is 1.91. The Balaban J connectivity index is 2.69. The van der Waals surface area contributed by atoms with Crippen LogP contribution in [0.3, 0.4) is 0 Å². The smallest absolute Gasteiger partial charge is 0.221 e. The fourth-order valence-electron chi connectivity index (χ4n) is 1.91. The van der Waals surface area contributed by atoms with Gasteiger partial charge in [0.05, 0.1) is 7.11 Å². The van der Waals surface area contributed by atoms with Gasteiger partial charge in [-0.25, -0.2) is 9.97 Å². The Morgan fingerprint density at radius 2 is 2.06 bits per heavy atom. The van der Waals surface area contributed by atoms with Crippen LogP contribution in [0.2, 0.25) is 0 Å². The SMILES string of the molecule is COc1nccc(C)c1-c1cc(C)nc(C#N)c1. The first kappa shape index (κ1) is 12.1. The lowest BCUT2D eigenvalue weighted by molar-refractivity contribution is 0.399. The molecule has 0 radical (unpaired) electrons. The number of ether oxygens (including phenoxy) is 1. The van der Waals surface area contributed by atoms with Crippen molar-refractivity contribution in [3.05, 3.63) is 41.3 Å². The number of hydrogen-bond acceptors (Lipinski definition) is 4. The summed E-state index contributed by atoms with van der Waals surface area (Å²) in [4.78, 5) is 8.33. The predicted octanol–water partition coefficient (Wildman–Crippen LogP) is 2.64. The maximum Gasteiger partial charge on any atom is 0.221 e. The minimum absolute atomic E-state index is 0.398. The van der Waals surface area contributed by atoms with Gasteiger partial charge in [-0.2, -0.15) is 5.26 Å². The molecule has 0 aliphatic rings. The molecule has 18 heavy (non-hydrogen) atoms. The van der Waals surface area contributed by atoms with Gasteiger partial charge in [-0.05, 0) is 43.2 Å². The molecule has 2 aromatic rings. The maximum atomic E-state index is 8.97. The summed E-state index contributed by atoms with van der Waals surface area (Å²) >= 11 is 0. The van der Waals surface area contributed by atoms with E-state index in [2.05, 4.69) is 16.0 Å². The van der Waals surface area contributed by atoms with Crippen LogP contribution in [0.1, 0.15) is 17.0 Å². The molecule has 2 rings (SSSR count). The first-order valence-electron chi connectivity index (χ1n) is 5.54. The highest BCUT2D eigenvalue weighted by atomic mass is 16.5. The van der Waals surface area contributed by atoms with Crippen LogP contribution in [-0.2, 0) is 0 Å². The van der Waals surface area contributed by atoms with Crippen molar-refractivity contribution in [1.29, 1.82) is 5.26 Å². The van der Waals surface area contributed by atoms with Crippen LogP contribution in [0, 0.1) is 25.2 Å². The van der Waals surface area contributed by atoms with Gasteiger partial charge in [-0.3, -0.25) is 0 Å². The predicted molar refractivity (Wildman–Crippen MR) is 68.2 cm³/mol. The standard InChI is InChI=1S/C14H13N3O/c1-9-4-5-16-14(18-3)13(9)11-6-10(2)17-12(7-11)8-15/h4-7H,1-3H3. The minimum Gasteiger partial charge on any atom is -0.481 e. The van der Waals surface area contributed by atoms with Gasteiger partial charge in [-0.1, -0.05) is 0 Å². The molecule has 4 heteroatoms. The Kier molecular flexibility index (Phi) is 3.24. The van der Waals surface area contributed by atoms with E-state index >= 15 is 0 Å². The monoisotopic (exact) mass is 239 g/mol. The molecule has 0 spiro atoms. The van der Waals surface area contributed by atoms with Crippen molar-refractivity contribution >= 4 is 0 Å². The molecule has 90 valence electrons. The van der Waals surface area contributed by atoms with E-state index in [0.29, 0.717) is 11.6 Å². The zero-order valence-corrected chi connectivity index (χ0v) is 10.6. The minimum atomic E-state index is 0.398. The maximum absolute atomic E-state index is 8.97. The van der Waals surface area contributed by atoms with Gasteiger partial charge in [0.25, 0.3) is 0 Å². The van der Waals surface area contributed by atoms with Crippen LogP contribution in [0.15, 0.2) is 24.4 Å². The zero-order chi connectivity index (χ0) is 13.1. The van der Waals surface area contributed by atoms with E-state index in [-0.39, 0.29) is 0 Å². The summed E-state index contributed by atoms with van der Waals surface area (Å²) in [5.74, 6) is 0.560. The number of methoxy groups -OCH3 is 1. The van der Waals surface area contributed by atoms with E-state index in [1.54, 1.807) is 19.4 Å². The summed E-state index contributed by atoms with van der Waals surface area (Å²) < 4.78 is 5.28. The summed E-state index contributed by atoms with van der Waals surface area (Å²) in [6, 6.07) is 7.65. The van der Waals surface area contributed by atoms with Gasteiger partial charge in [0.1, 0.15) is 11.8 Å². The molecule has 2 heterocycles. The molecular weight excluding hydrogens is 226 g/mol. The van der Waals surface area contributed by atoms with Crippen LogP contribution in [0.25, 0.3) is 11.1 Å². The molecule has 0 N–H and O–H groups in total. The van der Waals surface area contributed by atoms with Crippen molar-refractivity contribution in [2.75, 3.05) is 7.11 Å². The van der Waals surface area contributed by atoms with E-state index in [0.717, 1.165) is 22.4 Å². The summed E-state index contributed by atoms with van der Waals surface area (Å²) in [5.41, 5.74) is 4.06. The van der Waals surface area contributed by atoms with Crippen molar-refractivity contribution < 1.29 is 4.74 Å². The number of hydrogen-bond donors (Lipinski definition) is 0. The largest absolute Gasteiger partial charge is 0.481 e. The molecule has 0 saturated carbocycles. The van der Waals surface area contributed by atoms with Crippen LogP contribution in [-0.4, -0.2) is 17.1 Å². The molecule has 4 nitrogen and oxygen atoms in total. The number of nitriles is 1. The number of nitrogens with zero attached hydrogens (tertiary/aromatic N) is 3. The second-order valence-electron chi connectivity index (χ2n) is 4.01. The van der Waals surface area contributed by atoms with Crippen molar-refractivity contribution in [3.8, 4) is 23.1 Å². The highest BCUT2D eigenvalue weighted by Gasteiger charge is 2.11. The lowest BCUT2D eigenvalue weighted by Gasteiger charge is -2.11. The third-order valence-electron chi connectivity index (χ3n) is 2.67. The molecule has 0 aliphatic carbocycles. The Bertz CT molecular complexity index is 629. The summed E-state index contributed by atoms with van der Waals surface area (Å²) in [7, 11) is 1.59. The molecule has 0 atom stereocenters. The Labute approximate surface area is 106 Å². The first-order valence-corrected chi connectivity index (χ1v) is 5.54. The molecule has 0 unspecified atom stereocenters. The van der Waals surface area contributed by atoms with E-state index < -0.39 is 0 Å². The quantitative estimate of drug-likeness (QED) is 0.808. The van der Waals surface area contributed by atoms with Crippen molar-refractivity contribution in [2.24, 2.45) is 0 Å². The molecule has 0 saturated heterocycles. The van der Waals surface area contributed by atoms with Crippen molar-refractivity contribution in [1.82, 2.24) is 9.97 Å². The van der Waals surface area contributed by atoms with Crippen LogP contribution in [0.4, 0.5) is 0 Å². The van der Waals surface area contributed by atoms with Crippen LogP contribution < -0.4 is 4.74 Å². The van der Waals surface area contributed by atoms with Gasteiger partial charge in [-0.15, -0.1) is 0 Å². The lowest BCUT2D eigenvalue weighted by atomic mass is 10.0. The Hall–Kier alpha value is -2.41. The summed E-state index contributed by atoms with van der Waals surface area (Å²) in [6.45, 7) is 3.85. The van der Waals surface area contributed by atoms with Crippen LogP contribution >= 0.6 is 0 Å². The molecule has 0 aromatic carbocycles. The average Bonchev–Trinajstić information content (AvgIpc) is 2.37. The second-order valence-corrected chi connectivity index (χ2v) is 4.01. The number of rotatable bonds is 2. The summed E-state index contributed by atoms with van der Waals surface area (Å²) in [6.07, 6.45) is 1.71. The van der Waals surface area contributed by atoms with E-state index in [1.807, 2.05) is 26.0 Å². The Morgan fingerprint density at radius 3 is 2.72 bits per heavy atom. The third kappa shape index (κ3) is 2.16. The highest BCUT2D eigenvalue weighted by molar-refractivity contribution is 5.72. The van der Waals surface area contributed by atoms with Crippen LogP contribution in [0.5, 0.6) is 5.88 Å². The number of aromatic nitrogens is 2. The Morgan fingerprint density at radius 1 is 1.28 bits per heavy atom. The van der Waals surface area contributed by atoms with E-state index in [4.69, 9.17) is 10.00 Å². The number of aryl methyl sites for hydroxylation is 2. The normalized spacial score (nSPS) is 9.89. The molecule has 0 aliphatic heterocycles. The van der Waals surface area contributed by atoms with Crippen molar-refractivity contribution in [3.63, 3.8) is 0 Å². The van der Waals surface area contributed by atoms with Gasteiger partial charge < -0.3 is 4.74 Å². The van der Waals surface area contributed by atoms with Gasteiger partial charge in [0, 0.05) is 17.5 Å². The topological polar surface area (TPSA) is 58.8 Å². The van der Waals surface area contributed by atoms with Gasteiger partial charge >= 0.3 is 0 Å². The number of pyridine rings is 2. The zero-order valence-electron chi connectivity index (χ0n) is 10.6. The molecule has 2 aromatic heterocycles. The summed E-state index contributed by atoms with van der Waals surface area (Å²) in [5, 5.41) is 8.97. The lowest BCUT2D eigenvalue weighted by Crippen LogP contribution is -1.96. The molecule has 0 amide bonds. The fraction of sp³-hybridized carbons (Fsp3) is 0.214. The third-order valence-corrected chi connectivity index (χ3v) is 2.67. The highest BCUT2D eigenvalue weighted by Crippen LogP contribution is 2.31. The first-order chi connectivity index (χ1) is 8.65.